The van der Waals surface area contributed by atoms with Gasteiger partial charge in [0.05, 0.1) is 20.8 Å². The summed E-state index contributed by atoms with van der Waals surface area (Å²) in [6.45, 7) is 2.02. The van der Waals surface area contributed by atoms with Crippen LogP contribution in [0.4, 0.5) is 0 Å². The number of carbonyl (C=O) groups excluding carboxylic acids is 1. The van der Waals surface area contributed by atoms with Crippen LogP contribution in [-0.2, 0) is 16.0 Å². The molecule has 0 bridgehead atoms. The van der Waals surface area contributed by atoms with Crippen molar-refractivity contribution in [2.45, 2.75) is 19.4 Å². The van der Waals surface area contributed by atoms with Gasteiger partial charge in [-0.3, -0.25) is 4.79 Å². The van der Waals surface area contributed by atoms with E-state index in [1.54, 1.807) is 19.1 Å². The third-order valence-electron chi connectivity index (χ3n) is 2.55. The minimum Gasteiger partial charge on any atom is -0.493 e. The molecule has 0 amide bonds. The average Bonchev–Trinajstić information content (AvgIpc) is 2.38. The monoisotopic (exact) mass is 287 g/mol. The van der Waals surface area contributed by atoms with E-state index in [1.807, 2.05) is 0 Å². The molecule has 0 aliphatic carbocycles. The largest absolute Gasteiger partial charge is 0.493 e. The number of benzene rings is 1. The SMILES string of the molecule is CCOC(=O)C(N)Cc1cc(Cl)cc(OC)c1OC. The third kappa shape index (κ3) is 4.01. The molecule has 0 fully saturated rings. The van der Waals surface area contributed by atoms with Crippen LogP contribution in [0.15, 0.2) is 12.1 Å². The maximum absolute atomic E-state index is 11.5. The molecule has 0 aliphatic rings. The summed E-state index contributed by atoms with van der Waals surface area (Å²) in [5, 5.41) is 0.490. The molecule has 0 saturated heterocycles. The minimum atomic E-state index is -0.767. The highest BCUT2D eigenvalue weighted by Gasteiger charge is 2.20. The number of rotatable bonds is 6. The van der Waals surface area contributed by atoms with Crippen LogP contribution >= 0.6 is 11.6 Å². The van der Waals surface area contributed by atoms with E-state index in [0.29, 0.717) is 28.7 Å². The number of halogens is 1. The van der Waals surface area contributed by atoms with E-state index in [-0.39, 0.29) is 6.42 Å². The van der Waals surface area contributed by atoms with Crippen LogP contribution in [0.1, 0.15) is 12.5 Å². The first-order valence-corrected chi connectivity index (χ1v) is 6.23. The first kappa shape index (κ1) is 15.6. The number of hydrogen-bond donors (Lipinski definition) is 1. The van der Waals surface area contributed by atoms with Gasteiger partial charge in [0.1, 0.15) is 6.04 Å². The molecular weight excluding hydrogens is 270 g/mol. The predicted molar refractivity (Wildman–Crippen MR) is 72.9 cm³/mol. The van der Waals surface area contributed by atoms with Gasteiger partial charge in [-0.05, 0) is 13.0 Å². The average molecular weight is 288 g/mol. The molecule has 1 atom stereocenters. The summed E-state index contributed by atoms with van der Waals surface area (Å²) in [5.74, 6) is 0.566. The van der Waals surface area contributed by atoms with Crippen LogP contribution in [0.25, 0.3) is 0 Å². The summed E-state index contributed by atoms with van der Waals surface area (Å²) >= 11 is 5.99. The predicted octanol–water partition coefficient (Wildman–Crippen LogP) is 1.79. The Balaban J connectivity index is 2.99. The number of nitrogens with two attached hydrogens (primary N) is 1. The van der Waals surface area contributed by atoms with Crippen molar-refractivity contribution in [2.75, 3.05) is 20.8 Å². The molecule has 106 valence electrons. The highest BCUT2D eigenvalue weighted by molar-refractivity contribution is 6.30. The normalized spacial score (nSPS) is 11.8. The van der Waals surface area contributed by atoms with E-state index in [4.69, 9.17) is 31.5 Å². The zero-order valence-corrected chi connectivity index (χ0v) is 12.0. The Hall–Kier alpha value is -1.46. The summed E-state index contributed by atoms with van der Waals surface area (Å²) in [6.07, 6.45) is 0.263. The van der Waals surface area contributed by atoms with Crippen LogP contribution in [-0.4, -0.2) is 32.8 Å². The molecule has 19 heavy (non-hydrogen) atoms. The van der Waals surface area contributed by atoms with Gasteiger partial charge in [0, 0.05) is 23.1 Å². The lowest BCUT2D eigenvalue weighted by Gasteiger charge is -2.16. The molecule has 1 unspecified atom stereocenters. The second-order valence-corrected chi connectivity index (χ2v) is 4.30. The van der Waals surface area contributed by atoms with Crippen molar-refractivity contribution < 1.29 is 19.0 Å². The Morgan fingerprint density at radius 3 is 2.58 bits per heavy atom. The summed E-state index contributed by atoms with van der Waals surface area (Å²) in [4.78, 5) is 11.5. The maximum atomic E-state index is 11.5. The number of methoxy groups -OCH3 is 2. The fourth-order valence-corrected chi connectivity index (χ4v) is 1.96. The van der Waals surface area contributed by atoms with Gasteiger partial charge in [-0.2, -0.15) is 0 Å². The minimum absolute atomic E-state index is 0.263. The van der Waals surface area contributed by atoms with E-state index < -0.39 is 12.0 Å². The molecule has 0 saturated carbocycles. The second-order valence-electron chi connectivity index (χ2n) is 3.86. The van der Waals surface area contributed by atoms with E-state index in [9.17, 15) is 4.79 Å². The molecule has 6 heteroatoms. The Kier molecular flexibility index (Phi) is 5.92. The van der Waals surface area contributed by atoms with E-state index >= 15 is 0 Å². The fraction of sp³-hybridized carbons (Fsp3) is 0.462. The smallest absolute Gasteiger partial charge is 0.323 e. The molecule has 2 N–H and O–H groups in total. The molecule has 0 aliphatic heterocycles. The van der Waals surface area contributed by atoms with E-state index in [2.05, 4.69) is 0 Å². The van der Waals surface area contributed by atoms with Gasteiger partial charge in [-0.25, -0.2) is 0 Å². The molecule has 0 heterocycles. The van der Waals surface area contributed by atoms with Crippen molar-refractivity contribution in [2.24, 2.45) is 5.73 Å². The molecule has 0 radical (unpaired) electrons. The van der Waals surface area contributed by atoms with Gasteiger partial charge < -0.3 is 19.9 Å². The van der Waals surface area contributed by atoms with Crippen LogP contribution in [0.2, 0.25) is 5.02 Å². The van der Waals surface area contributed by atoms with Gasteiger partial charge >= 0.3 is 5.97 Å². The number of carbonyl (C=O) groups is 1. The lowest BCUT2D eigenvalue weighted by Crippen LogP contribution is -2.34. The first-order valence-electron chi connectivity index (χ1n) is 5.86. The summed E-state index contributed by atoms with van der Waals surface area (Å²) < 4.78 is 15.3. The highest BCUT2D eigenvalue weighted by atomic mass is 35.5. The lowest BCUT2D eigenvalue weighted by atomic mass is 10.0. The Bertz CT molecular complexity index is 451. The topological polar surface area (TPSA) is 70.8 Å². The van der Waals surface area contributed by atoms with Crippen molar-refractivity contribution in [1.82, 2.24) is 0 Å². The first-order chi connectivity index (χ1) is 9.03. The van der Waals surface area contributed by atoms with Gasteiger partial charge in [0.15, 0.2) is 11.5 Å². The molecule has 1 rings (SSSR count). The van der Waals surface area contributed by atoms with Crippen LogP contribution in [0.3, 0.4) is 0 Å². The van der Waals surface area contributed by atoms with Crippen LogP contribution in [0, 0.1) is 0 Å². The fourth-order valence-electron chi connectivity index (χ4n) is 1.73. The van der Waals surface area contributed by atoms with Gasteiger partial charge in [-0.1, -0.05) is 11.6 Å². The zero-order chi connectivity index (χ0) is 14.4. The van der Waals surface area contributed by atoms with Gasteiger partial charge in [0.2, 0.25) is 0 Å². The van der Waals surface area contributed by atoms with E-state index in [0.717, 1.165) is 0 Å². The number of hydrogen-bond acceptors (Lipinski definition) is 5. The summed E-state index contributed by atoms with van der Waals surface area (Å²) in [6, 6.07) is 2.57. The number of ether oxygens (including phenoxy) is 3. The number of esters is 1. The van der Waals surface area contributed by atoms with Crippen molar-refractivity contribution in [3.05, 3.63) is 22.7 Å². The van der Waals surface area contributed by atoms with Crippen LogP contribution in [0.5, 0.6) is 11.5 Å². The molecule has 5 nitrogen and oxygen atoms in total. The molecule has 1 aromatic carbocycles. The second kappa shape index (κ2) is 7.21. The molecule has 0 aromatic heterocycles. The van der Waals surface area contributed by atoms with E-state index in [1.165, 1.54) is 14.2 Å². The van der Waals surface area contributed by atoms with Crippen molar-refractivity contribution in [3.63, 3.8) is 0 Å². The standard InChI is InChI=1S/C13H18ClNO4/c1-4-19-13(16)10(15)6-8-5-9(14)7-11(17-2)12(8)18-3/h5,7,10H,4,6,15H2,1-3H3. The van der Waals surface area contributed by atoms with Gasteiger partial charge in [-0.15, -0.1) is 0 Å². The summed E-state index contributed by atoms with van der Waals surface area (Å²) in [5.41, 5.74) is 6.49. The summed E-state index contributed by atoms with van der Waals surface area (Å²) in [7, 11) is 3.04. The van der Waals surface area contributed by atoms with Crippen LogP contribution < -0.4 is 15.2 Å². The van der Waals surface area contributed by atoms with Crippen molar-refractivity contribution in [3.8, 4) is 11.5 Å². The third-order valence-corrected chi connectivity index (χ3v) is 2.77. The van der Waals surface area contributed by atoms with Crippen molar-refractivity contribution >= 4 is 17.6 Å². The quantitative estimate of drug-likeness (QED) is 0.808. The van der Waals surface area contributed by atoms with Crippen molar-refractivity contribution in [1.29, 1.82) is 0 Å². The molecule has 1 aromatic rings. The Labute approximate surface area is 117 Å². The maximum Gasteiger partial charge on any atom is 0.323 e. The zero-order valence-electron chi connectivity index (χ0n) is 11.2. The lowest BCUT2D eigenvalue weighted by molar-refractivity contribution is -0.144. The molecular formula is C13H18ClNO4. The Morgan fingerprint density at radius 1 is 1.37 bits per heavy atom. The Morgan fingerprint density at radius 2 is 2.05 bits per heavy atom. The van der Waals surface area contributed by atoms with Gasteiger partial charge in [0.25, 0.3) is 0 Å². The highest BCUT2D eigenvalue weighted by Crippen LogP contribution is 2.35. The molecule has 0 spiro atoms.